The fraction of sp³-hybridized carbons (Fsp3) is 0.600. The van der Waals surface area contributed by atoms with Crippen molar-refractivity contribution in [1.82, 2.24) is 9.80 Å². The van der Waals surface area contributed by atoms with E-state index in [-0.39, 0.29) is 55.5 Å². The smallest absolute Gasteiger partial charge is 0.431 e. The molecular formula is C35H47F6N4O9P. The molecule has 5 atom stereocenters. The number of non-ortho nitro benzene ring substituents is 1. The summed E-state index contributed by atoms with van der Waals surface area (Å²) in [5, 5.41) is 10.9. The van der Waals surface area contributed by atoms with Crippen LogP contribution in [0.2, 0.25) is 0 Å². The van der Waals surface area contributed by atoms with E-state index in [1.165, 1.54) is 47.9 Å². The van der Waals surface area contributed by atoms with Crippen molar-refractivity contribution in [2.75, 3.05) is 45.4 Å². The maximum absolute atomic E-state index is 13.7. The fourth-order valence-corrected chi connectivity index (χ4v) is 7.69. The molecule has 0 bridgehead atoms. The van der Waals surface area contributed by atoms with Crippen molar-refractivity contribution in [2.45, 2.75) is 83.0 Å². The summed E-state index contributed by atoms with van der Waals surface area (Å²) in [7, 11) is -4.01. The van der Waals surface area contributed by atoms with Gasteiger partial charge in [-0.05, 0) is 82.8 Å². The van der Waals surface area contributed by atoms with E-state index in [0.717, 1.165) is 0 Å². The van der Waals surface area contributed by atoms with Crippen molar-refractivity contribution in [2.24, 2.45) is 11.7 Å². The number of alkyl halides is 6. The van der Waals surface area contributed by atoms with Gasteiger partial charge in [-0.15, -0.1) is 0 Å². The predicted molar refractivity (Wildman–Crippen MR) is 189 cm³/mol. The van der Waals surface area contributed by atoms with Crippen molar-refractivity contribution in [1.29, 1.82) is 0 Å². The number of hydrogen-bond acceptors (Lipinski definition) is 12. The van der Waals surface area contributed by atoms with E-state index < -0.39 is 68.0 Å². The Hall–Kier alpha value is -3.93. The zero-order valence-electron chi connectivity index (χ0n) is 30.5. The molecule has 2 aliphatic rings. The van der Waals surface area contributed by atoms with E-state index in [4.69, 9.17) is 24.3 Å². The van der Waals surface area contributed by atoms with E-state index >= 15 is 0 Å². The van der Waals surface area contributed by atoms with Crippen LogP contribution >= 0.6 is 7.60 Å². The number of likely N-dealkylation sites (tertiary alicyclic amines) is 2. The van der Waals surface area contributed by atoms with Crippen molar-refractivity contribution >= 4 is 25.2 Å². The molecule has 2 heterocycles. The van der Waals surface area contributed by atoms with Gasteiger partial charge in [0.1, 0.15) is 29.7 Å². The Morgan fingerprint density at radius 2 is 1.24 bits per heavy atom. The zero-order valence-corrected chi connectivity index (χ0v) is 31.4. The molecule has 3 unspecified atom stereocenters. The summed E-state index contributed by atoms with van der Waals surface area (Å²) in [6.45, 7) is 2.17. The standard InChI is InChI=1S/C24H28F3N2O7P.C11H19F3N2O2/c1-18(23(30)34-20-8-5-14-28(15-13-20)17-24(25,26)27)16-37(33,35-21-6-3-2-4-7-21)36-22-11-9-19(10-12-22)29(31)32;1-8(15)10(17)18-9-3-2-5-16(6-4-9)7-11(12,13)14/h2-4,6-7,9-12,18,20H,5,8,13-17H2,1H3;8-9H,2-7,15H2,1H3/t18-,20?,37?;8-,9?/m10/s1. The SMILES string of the molecule is C[C@H](CP(=O)(Oc1ccccc1)Oc1ccc([N+](=O)[O-])cc1)C(=O)OC1CCCN(CC(F)(F)F)CC1.C[C@H](N)C(=O)OC1CCCN(CC(F)(F)F)CC1. The number of nitrogens with two attached hydrogens (primary N) is 1. The number of ether oxygens (including phenoxy) is 2. The highest BCUT2D eigenvalue weighted by molar-refractivity contribution is 7.54. The van der Waals surface area contributed by atoms with Gasteiger partial charge in [-0.1, -0.05) is 25.1 Å². The third-order valence-electron chi connectivity index (χ3n) is 8.46. The Morgan fingerprint density at radius 3 is 1.67 bits per heavy atom. The number of benzene rings is 2. The molecule has 55 heavy (non-hydrogen) atoms. The first kappa shape index (κ1) is 45.5. The van der Waals surface area contributed by atoms with Crippen LogP contribution in [0, 0.1) is 16.0 Å². The lowest BCUT2D eigenvalue weighted by molar-refractivity contribution is -0.384. The lowest BCUT2D eigenvalue weighted by Crippen LogP contribution is -2.35. The fourth-order valence-electron chi connectivity index (χ4n) is 5.80. The number of nitro benzene ring substituents is 1. The van der Waals surface area contributed by atoms with E-state index in [2.05, 4.69) is 0 Å². The lowest BCUT2D eigenvalue weighted by atomic mass is 10.1. The maximum Gasteiger partial charge on any atom is 0.431 e. The number of esters is 2. The highest BCUT2D eigenvalue weighted by Gasteiger charge is 2.37. The van der Waals surface area contributed by atoms with E-state index in [1.807, 2.05) is 0 Å². The molecule has 0 spiro atoms. The first-order valence-corrected chi connectivity index (χ1v) is 19.5. The molecule has 0 aliphatic carbocycles. The molecule has 2 N–H and O–H groups in total. The average molecular weight is 813 g/mol. The molecule has 308 valence electrons. The van der Waals surface area contributed by atoms with Gasteiger partial charge in [-0.2, -0.15) is 26.3 Å². The number of para-hydroxylation sites is 1. The van der Waals surface area contributed by atoms with Crippen LogP contribution in [0.15, 0.2) is 54.6 Å². The molecule has 0 aromatic heterocycles. The molecule has 2 aromatic carbocycles. The predicted octanol–water partition coefficient (Wildman–Crippen LogP) is 7.14. The molecular weight excluding hydrogens is 765 g/mol. The van der Waals surface area contributed by atoms with Crippen LogP contribution in [-0.2, 0) is 23.6 Å². The van der Waals surface area contributed by atoms with Gasteiger partial charge < -0.3 is 24.3 Å². The van der Waals surface area contributed by atoms with Gasteiger partial charge in [0.2, 0.25) is 0 Å². The summed E-state index contributed by atoms with van der Waals surface area (Å²) in [5.74, 6) is -1.80. The Morgan fingerprint density at radius 1 is 0.782 bits per heavy atom. The maximum atomic E-state index is 13.7. The van der Waals surface area contributed by atoms with Gasteiger partial charge in [0.25, 0.3) is 5.69 Å². The highest BCUT2D eigenvalue weighted by atomic mass is 31.2. The Balaban J connectivity index is 0.000000378. The third-order valence-corrected chi connectivity index (χ3v) is 10.4. The van der Waals surface area contributed by atoms with Gasteiger partial charge in [0.15, 0.2) is 0 Å². The van der Waals surface area contributed by atoms with Gasteiger partial charge >= 0.3 is 31.9 Å². The summed E-state index contributed by atoms with van der Waals surface area (Å²) in [6.07, 6.45) is -6.98. The largest absolute Gasteiger partial charge is 0.462 e. The summed E-state index contributed by atoms with van der Waals surface area (Å²) in [5.41, 5.74) is 5.19. The average Bonchev–Trinajstić information content (AvgIpc) is 3.43. The minimum absolute atomic E-state index is 0.0546. The van der Waals surface area contributed by atoms with Crippen LogP contribution in [0.25, 0.3) is 0 Å². The van der Waals surface area contributed by atoms with Gasteiger partial charge in [-0.3, -0.25) is 29.5 Å². The second-order valence-corrected chi connectivity index (χ2v) is 15.4. The monoisotopic (exact) mass is 812 g/mol. The first-order valence-electron chi connectivity index (χ1n) is 17.7. The van der Waals surface area contributed by atoms with E-state index in [9.17, 15) is 50.6 Å². The lowest BCUT2D eigenvalue weighted by Gasteiger charge is -2.24. The van der Waals surface area contributed by atoms with Crippen LogP contribution < -0.4 is 14.8 Å². The van der Waals surface area contributed by atoms with Gasteiger partial charge in [0.05, 0.1) is 30.1 Å². The Labute approximate surface area is 315 Å². The van der Waals surface area contributed by atoms with E-state index in [1.54, 1.807) is 30.3 Å². The van der Waals surface area contributed by atoms with Crippen molar-refractivity contribution < 1.29 is 63.9 Å². The van der Waals surface area contributed by atoms with E-state index in [0.29, 0.717) is 38.6 Å². The topological polar surface area (TPSA) is 164 Å². The van der Waals surface area contributed by atoms with Crippen LogP contribution in [0.5, 0.6) is 11.5 Å². The number of carbonyl (C=O) groups is 2. The molecule has 2 aliphatic heterocycles. The summed E-state index contributed by atoms with van der Waals surface area (Å²) < 4.78 is 111. The number of halogens is 6. The highest BCUT2D eigenvalue weighted by Crippen LogP contribution is 2.50. The number of nitro groups is 1. The van der Waals surface area contributed by atoms with Crippen LogP contribution in [0.3, 0.4) is 0 Å². The normalized spacial score (nSPS) is 20.9. The molecule has 20 heteroatoms. The quantitative estimate of drug-likeness (QED) is 0.0717. The second-order valence-electron chi connectivity index (χ2n) is 13.5. The molecule has 0 amide bonds. The van der Waals surface area contributed by atoms with Gasteiger partial charge in [0, 0.05) is 25.2 Å². The summed E-state index contributed by atoms with van der Waals surface area (Å²) >= 11 is 0. The van der Waals surface area contributed by atoms with Crippen molar-refractivity contribution in [3.8, 4) is 11.5 Å². The molecule has 13 nitrogen and oxygen atoms in total. The van der Waals surface area contributed by atoms with Crippen LogP contribution in [0.1, 0.15) is 52.4 Å². The number of hydrogen-bond donors (Lipinski definition) is 1. The molecule has 4 rings (SSSR count). The summed E-state index contributed by atoms with van der Waals surface area (Å²) in [6, 6.07) is 12.4. The van der Waals surface area contributed by atoms with Crippen molar-refractivity contribution in [3.05, 3.63) is 64.7 Å². The molecule has 0 saturated carbocycles. The van der Waals surface area contributed by atoms with Crippen LogP contribution in [0.4, 0.5) is 32.0 Å². The van der Waals surface area contributed by atoms with Gasteiger partial charge in [-0.25, -0.2) is 4.57 Å². The Kier molecular flexibility index (Phi) is 17.2. The summed E-state index contributed by atoms with van der Waals surface area (Å²) in [4.78, 5) is 37.1. The minimum atomic E-state index is -4.30. The first-order chi connectivity index (χ1) is 25.7. The second kappa shape index (κ2) is 20.8. The third kappa shape index (κ3) is 17.6. The van der Waals surface area contributed by atoms with Crippen molar-refractivity contribution in [3.63, 3.8) is 0 Å². The number of nitrogens with zero attached hydrogens (tertiary/aromatic N) is 3. The van der Waals surface area contributed by atoms with Crippen LogP contribution in [-0.4, -0.2) is 103 Å². The molecule has 2 fully saturated rings. The number of rotatable bonds is 13. The Bertz CT molecular complexity index is 1570. The molecule has 0 radical (unpaired) electrons. The number of carbonyl (C=O) groups excluding carboxylic acids is 2. The minimum Gasteiger partial charge on any atom is -0.462 e. The molecule has 2 saturated heterocycles. The zero-order chi connectivity index (χ0) is 40.8. The molecule has 2 aromatic rings.